The highest BCUT2D eigenvalue weighted by Crippen LogP contribution is 2.18. The van der Waals surface area contributed by atoms with Gasteiger partial charge in [-0.25, -0.2) is 4.79 Å². The summed E-state index contributed by atoms with van der Waals surface area (Å²) in [6.07, 6.45) is 0. The molecule has 1 fully saturated rings. The molecule has 1 aliphatic rings. The smallest absolute Gasteiger partial charge is 0.337 e. The number of benzene rings is 1. The van der Waals surface area contributed by atoms with E-state index in [0.717, 1.165) is 0 Å². The van der Waals surface area contributed by atoms with Crippen molar-refractivity contribution >= 4 is 17.8 Å². The molecule has 1 heterocycles. The van der Waals surface area contributed by atoms with Crippen molar-refractivity contribution in [2.45, 2.75) is 19.9 Å². The van der Waals surface area contributed by atoms with Crippen LogP contribution in [0, 0.1) is 5.92 Å². The number of carbonyl (C=O) groups is 3. The molecule has 6 nitrogen and oxygen atoms in total. The topological polar surface area (TPSA) is 75.7 Å². The Bertz CT molecular complexity index is 598. The van der Waals surface area contributed by atoms with Crippen molar-refractivity contribution in [1.29, 1.82) is 0 Å². The van der Waals surface area contributed by atoms with Crippen LogP contribution in [0.1, 0.15) is 34.6 Å². The van der Waals surface area contributed by atoms with E-state index >= 15 is 0 Å². The van der Waals surface area contributed by atoms with Crippen LogP contribution in [0.2, 0.25) is 0 Å². The lowest BCUT2D eigenvalue weighted by Crippen LogP contribution is -2.59. The van der Waals surface area contributed by atoms with Gasteiger partial charge in [0, 0.05) is 18.7 Å². The van der Waals surface area contributed by atoms with Gasteiger partial charge in [0.1, 0.15) is 6.04 Å². The molecular formula is C16H20N2O4. The van der Waals surface area contributed by atoms with Crippen molar-refractivity contribution in [1.82, 2.24) is 10.2 Å². The highest BCUT2D eigenvalue weighted by Gasteiger charge is 2.35. The normalized spacial score (nSPS) is 18.1. The third-order valence-electron chi connectivity index (χ3n) is 3.68. The second kappa shape index (κ2) is 6.60. The Morgan fingerprint density at radius 1 is 1.32 bits per heavy atom. The molecule has 1 aromatic rings. The maximum atomic E-state index is 12.7. The molecule has 1 atom stereocenters. The SMILES string of the molecule is COC(=O)c1cccc(C(=O)N2CCNC(=O)C2C(C)C)c1. The fraction of sp³-hybridized carbons (Fsp3) is 0.438. The molecule has 1 N–H and O–H groups in total. The van der Waals surface area contributed by atoms with Crippen LogP contribution >= 0.6 is 0 Å². The van der Waals surface area contributed by atoms with Gasteiger partial charge in [0.25, 0.3) is 5.91 Å². The van der Waals surface area contributed by atoms with Crippen LogP contribution < -0.4 is 5.32 Å². The molecule has 0 saturated carbocycles. The lowest BCUT2D eigenvalue weighted by Gasteiger charge is -2.37. The molecule has 2 rings (SSSR count). The molecule has 1 aliphatic heterocycles. The average molecular weight is 304 g/mol. The summed E-state index contributed by atoms with van der Waals surface area (Å²) >= 11 is 0. The minimum absolute atomic E-state index is 0.00744. The number of amides is 2. The first-order valence-corrected chi connectivity index (χ1v) is 7.22. The Morgan fingerprint density at radius 3 is 2.64 bits per heavy atom. The van der Waals surface area contributed by atoms with Gasteiger partial charge in [0.05, 0.1) is 12.7 Å². The number of carbonyl (C=O) groups excluding carboxylic acids is 3. The van der Waals surface area contributed by atoms with Crippen LogP contribution in [-0.4, -0.2) is 48.9 Å². The molecule has 0 bridgehead atoms. The van der Waals surface area contributed by atoms with Crippen LogP contribution in [0.25, 0.3) is 0 Å². The van der Waals surface area contributed by atoms with E-state index in [9.17, 15) is 14.4 Å². The van der Waals surface area contributed by atoms with Crippen LogP contribution in [0.4, 0.5) is 0 Å². The summed E-state index contributed by atoms with van der Waals surface area (Å²) in [6, 6.07) is 5.86. The first-order valence-electron chi connectivity index (χ1n) is 7.22. The Balaban J connectivity index is 2.30. The Hall–Kier alpha value is -2.37. The number of hydrogen-bond donors (Lipinski definition) is 1. The molecule has 6 heteroatoms. The van der Waals surface area contributed by atoms with E-state index in [1.807, 2.05) is 13.8 Å². The Labute approximate surface area is 129 Å². The molecule has 0 aliphatic carbocycles. The average Bonchev–Trinajstić information content (AvgIpc) is 2.52. The van der Waals surface area contributed by atoms with E-state index in [2.05, 4.69) is 10.1 Å². The van der Waals surface area contributed by atoms with E-state index in [1.165, 1.54) is 13.2 Å². The minimum Gasteiger partial charge on any atom is -0.465 e. The van der Waals surface area contributed by atoms with Gasteiger partial charge >= 0.3 is 5.97 Å². The predicted octanol–water partition coefficient (Wildman–Crippen LogP) is 1.07. The number of nitrogens with zero attached hydrogens (tertiary/aromatic N) is 1. The summed E-state index contributed by atoms with van der Waals surface area (Å²) in [6.45, 7) is 4.70. The van der Waals surface area contributed by atoms with Crippen LogP contribution in [-0.2, 0) is 9.53 Å². The maximum Gasteiger partial charge on any atom is 0.337 e. The van der Waals surface area contributed by atoms with Crippen molar-refractivity contribution in [3.8, 4) is 0 Å². The first kappa shape index (κ1) is 16.0. The molecule has 2 amide bonds. The molecule has 22 heavy (non-hydrogen) atoms. The molecule has 0 spiro atoms. The molecule has 0 aromatic heterocycles. The number of ether oxygens (including phenoxy) is 1. The van der Waals surface area contributed by atoms with E-state index in [-0.39, 0.29) is 17.7 Å². The molecule has 118 valence electrons. The highest BCUT2D eigenvalue weighted by atomic mass is 16.5. The maximum absolute atomic E-state index is 12.7. The number of piperazine rings is 1. The summed E-state index contributed by atoms with van der Waals surface area (Å²) in [5.41, 5.74) is 0.694. The number of methoxy groups -OCH3 is 1. The molecule has 1 unspecified atom stereocenters. The van der Waals surface area contributed by atoms with Gasteiger partial charge in [-0.3, -0.25) is 9.59 Å². The standard InChI is InChI=1S/C16H20N2O4/c1-10(2)13-14(19)17-7-8-18(13)15(20)11-5-4-6-12(9-11)16(21)22-3/h4-6,9-10,13H,7-8H2,1-3H3,(H,17,19). The van der Waals surface area contributed by atoms with E-state index in [4.69, 9.17) is 0 Å². The molecule has 1 aromatic carbocycles. The summed E-state index contributed by atoms with van der Waals surface area (Å²) in [4.78, 5) is 37.9. The van der Waals surface area contributed by atoms with Gasteiger partial charge in [0.15, 0.2) is 0 Å². The summed E-state index contributed by atoms with van der Waals surface area (Å²) < 4.78 is 4.66. The van der Waals surface area contributed by atoms with Crippen molar-refractivity contribution in [2.75, 3.05) is 20.2 Å². The van der Waals surface area contributed by atoms with Gasteiger partial charge in [-0.1, -0.05) is 19.9 Å². The van der Waals surface area contributed by atoms with E-state index in [0.29, 0.717) is 24.2 Å². The molecular weight excluding hydrogens is 284 g/mol. The predicted molar refractivity (Wildman–Crippen MR) is 80.5 cm³/mol. The number of rotatable bonds is 3. The van der Waals surface area contributed by atoms with E-state index in [1.54, 1.807) is 23.1 Å². The van der Waals surface area contributed by atoms with Crippen LogP contribution in [0.15, 0.2) is 24.3 Å². The minimum atomic E-state index is -0.497. The number of esters is 1. The van der Waals surface area contributed by atoms with Gasteiger partial charge in [-0.15, -0.1) is 0 Å². The fourth-order valence-electron chi connectivity index (χ4n) is 2.64. The zero-order valence-corrected chi connectivity index (χ0v) is 13.0. The van der Waals surface area contributed by atoms with E-state index < -0.39 is 12.0 Å². The Kier molecular flexibility index (Phi) is 4.80. The lowest BCUT2D eigenvalue weighted by molar-refractivity contribution is -0.129. The van der Waals surface area contributed by atoms with Gasteiger partial charge < -0.3 is 15.0 Å². The quantitative estimate of drug-likeness (QED) is 0.848. The van der Waals surface area contributed by atoms with Gasteiger partial charge in [0.2, 0.25) is 5.91 Å². The number of hydrogen-bond acceptors (Lipinski definition) is 4. The third-order valence-corrected chi connectivity index (χ3v) is 3.68. The highest BCUT2D eigenvalue weighted by molar-refractivity contribution is 6.00. The number of nitrogens with one attached hydrogen (secondary N) is 1. The fourth-order valence-corrected chi connectivity index (χ4v) is 2.64. The molecule has 1 saturated heterocycles. The van der Waals surface area contributed by atoms with Crippen LogP contribution in [0.5, 0.6) is 0 Å². The molecule has 0 radical (unpaired) electrons. The van der Waals surface area contributed by atoms with Crippen molar-refractivity contribution in [2.24, 2.45) is 5.92 Å². The summed E-state index contributed by atoms with van der Waals surface area (Å²) in [7, 11) is 1.29. The second-order valence-corrected chi connectivity index (χ2v) is 5.55. The van der Waals surface area contributed by atoms with Crippen molar-refractivity contribution < 1.29 is 19.1 Å². The van der Waals surface area contributed by atoms with Crippen LogP contribution in [0.3, 0.4) is 0 Å². The lowest BCUT2D eigenvalue weighted by atomic mass is 9.98. The first-order chi connectivity index (χ1) is 10.5. The van der Waals surface area contributed by atoms with Crippen molar-refractivity contribution in [3.05, 3.63) is 35.4 Å². The zero-order chi connectivity index (χ0) is 16.3. The Morgan fingerprint density at radius 2 is 2.00 bits per heavy atom. The third kappa shape index (κ3) is 3.10. The monoisotopic (exact) mass is 304 g/mol. The van der Waals surface area contributed by atoms with Gasteiger partial charge in [-0.05, 0) is 24.1 Å². The second-order valence-electron chi connectivity index (χ2n) is 5.55. The van der Waals surface area contributed by atoms with Gasteiger partial charge in [-0.2, -0.15) is 0 Å². The largest absolute Gasteiger partial charge is 0.465 e. The zero-order valence-electron chi connectivity index (χ0n) is 13.0. The summed E-state index contributed by atoms with van der Waals surface area (Å²) in [5.74, 6) is -0.877. The summed E-state index contributed by atoms with van der Waals surface area (Å²) in [5, 5.41) is 2.78. The van der Waals surface area contributed by atoms with Crippen molar-refractivity contribution in [3.63, 3.8) is 0 Å².